The average Bonchev–Trinajstić information content (AvgIpc) is 2.14. The average molecular weight is 231 g/mol. The van der Waals surface area contributed by atoms with E-state index < -0.39 is 9.84 Å². The van der Waals surface area contributed by atoms with Crippen molar-refractivity contribution in [2.75, 3.05) is 11.5 Å². The first kappa shape index (κ1) is 11.4. The molecular formula is C11H21NO2S. The smallest absolute Gasteiger partial charge is 0.150 e. The van der Waals surface area contributed by atoms with Crippen LogP contribution in [0.1, 0.15) is 45.4 Å². The van der Waals surface area contributed by atoms with E-state index in [1.165, 1.54) is 25.7 Å². The molecule has 2 aliphatic rings. The van der Waals surface area contributed by atoms with Crippen LogP contribution >= 0.6 is 0 Å². The molecule has 3 nitrogen and oxygen atoms in total. The molecule has 4 heteroatoms. The fourth-order valence-electron chi connectivity index (χ4n) is 2.67. The van der Waals surface area contributed by atoms with E-state index in [0.29, 0.717) is 23.1 Å². The van der Waals surface area contributed by atoms with Crippen LogP contribution in [0.25, 0.3) is 0 Å². The Balaban J connectivity index is 1.86. The van der Waals surface area contributed by atoms with Crippen molar-refractivity contribution >= 4 is 9.84 Å². The first-order valence-corrected chi connectivity index (χ1v) is 7.85. The van der Waals surface area contributed by atoms with Crippen LogP contribution in [0.4, 0.5) is 0 Å². The van der Waals surface area contributed by atoms with Crippen LogP contribution in [0, 0.1) is 0 Å². The lowest BCUT2D eigenvalue weighted by atomic mass is 9.74. The van der Waals surface area contributed by atoms with Crippen LogP contribution in [0.15, 0.2) is 0 Å². The van der Waals surface area contributed by atoms with Gasteiger partial charge in [0.15, 0.2) is 0 Å². The summed E-state index contributed by atoms with van der Waals surface area (Å²) < 4.78 is 22.6. The lowest BCUT2D eigenvalue weighted by Crippen LogP contribution is -2.56. The summed E-state index contributed by atoms with van der Waals surface area (Å²) in [6, 6.07) is 0.439. The van der Waals surface area contributed by atoms with Crippen LogP contribution < -0.4 is 5.32 Å². The van der Waals surface area contributed by atoms with Gasteiger partial charge in [-0.15, -0.1) is 0 Å². The second-order valence-electron chi connectivity index (χ2n) is 5.06. The SMILES string of the molecule is CCC1(NC2CCS(=O)(=O)CC2)CCC1. The van der Waals surface area contributed by atoms with Crippen molar-refractivity contribution in [2.45, 2.75) is 57.0 Å². The van der Waals surface area contributed by atoms with Crippen molar-refractivity contribution in [1.82, 2.24) is 5.32 Å². The highest BCUT2D eigenvalue weighted by atomic mass is 32.2. The molecule has 1 aliphatic heterocycles. The monoisotopic (exact) mass is 231 g/mol. The van der Waals surface area contributed by atoms with Crippen molar-refractivity contribution in [3.63, 3.8) is 0 Å². The van der Waals surface area contributed by atoms with Gasteiger partial charge in [-0.05, 0) is 38.5 Å². The normalized spacial score (nSPS) is 29.7. The molecule has 0 unspecified atom stereocenters. The van der Waals surface area contributed by atoms with E-state index in [9.17, 15) is 8.42 Å². The zero-order valence-corrected chi connectivity index (χ0v) is 10.3. The van der Waals surface area contributed by atoms with Crippen LogP contribution in [0.2, 0.25) is 0 Å². The Morgan fingerprint density at radius 3 is 2.27 bits per heavy atom. The van der Waals surface area contributed by atoms with Gasteiger partial charge < -0.3 is 5.32 Å². The first-order valence-electron chi connectivity index (χ1n) is 6.03. The maximum Gasteiger partial charge on any atom is 0.150 e. The summed E-state index contributed by atoms with van der Waals surface area (Å²) in [5.74, 6) is 0.759. The molecule has 0 amide bonds. The van der Waals surface area contributed by atoms with Crippen molar-refractivity contribution in [2.24, 2.45) is 0 Å². The summed E-state index contributed by atoms with van der Waals surface area (Å²) in [6.07, 6.45) is 6.66. The van der Waals surface area contributed by atoms with E-state index >= 15 is 0 Å². The second kappa shape index (κ2) is 4.06. The number of nitrogens with one attached hydrogen (secondary N) is 1. The van der Waals surface area contributed by atoms with E-state index in [1.54, 1.807) is 0 Å². The molecule has 0 bridgehead atoms. The van der Waals surface area contributed by atoms with E-state index in [4.69, 9.17) is 0 Å². The zero-order valence-electron chi connectivity index (χ0n) is 9.46. The lowest BCUT2D eigenvalue weighted by molar-refractivity contribution is 0.152. The number of hydrogen-bond donors (Lipinski definition) is 1. The summed E-state index contributed by atoms with van der Waals surface area (Å²) in [5.41, 5.74) is 0.353. The fourth-order valence-corrected chi connectivity index (χ4v) is 4.16. The predicted octanol–water partition coefficient (Wildman–Crippen LogP) is 1.49. The highest BCUT2D eigenvalue weighted by Crippen LogP contribution is 2.35. The van der Waals surface area contributed by atoms with Crippen molar-refractivity contribution in [3.8, 4) is 0 Å². The zero-order chi connectivity index (χ0) is 10.9. The molecule has 1 saturated heterocycles. The largest absolute Gasteiger partial charge is 0.308 e. The van der Waals surface area contributed by atoms with Gasteiger partial charge in [0.25, 0.3) is 0 Å². The minimum absolute atomic E-state index is 0.353. The minimum atomic E-state index is -2.71. The molecule has 1 heterocycles. The Labute approximate surface area is 92.6 Å². The third kappa shape index (κ3) is 2.53. The predicted molar refractivity (Wildman–Crippen MR) is 61.7 cm³/mol. The van der Waals surface area contributed by atoms with Crippen molar-refractivity contribution < 1.29 is 8.42 Å². The highest BCUT2D eigenvalue weighted by Gasteiger charge is 2.37. The Hall–Kier alpha value is -0.0900. The summed E-state index contributed by atoms with van der Waals surface area (Å²) in [6.45, 7) is 2.23. The van der Waals surface area contributed by atoms with Gasteiger partial charge in [-0.3, -0.25) is 0 Å². The maximum atomic E-state index is 11.3. The van der Waals surface area contributed by atoms with Gasteiger partial charge in [-0.25, -0.2) is 8.42 Å². The molecule has 1 saturated carbocycles. The molecule has 0 atom stereocenters. The van der Waals surface area contributed by atoms with Crippen LogP contribution in [0.3, 0.4) is 0 Å². The number of rotatable bonds is 3. The molecule has 15 heavy (non-hydrogen) atoms. The van der Waals surface area contributed by atoms with Crippen LogP contribution in [0.5, 0.6) is 0 Å². The van der Waals surface area contributed by atoms with Gasteiger partial charge in [-0.2, -0.15) is 0 Å². The molecule has 88 valence electrons. The topological polar surface area (TPSA) is 46.2 Å². The van der Waals surface area contributed by atoms with Gasteiger partial charge in [0.2, 0.25) is 0 Å². The molecule has 0 radical (unpaired) electrons. The van der Waals surface area contributed by atoms with Gasteiger partial charge in [0.05, 0.1) is 11.5 Å². The van der Waals surface area contributed by atoms with Gasteiger partial charge in [-0.1, -0.05) is 6.92 Å². The van der Waals surface area contributed by atoms with Crippen molar-refractivity contribution in [3.05, 3.63) is 0 Å². The molecule has 0 aromatic rings. The molecular weight excluding hydrogens is 210 g/mol. The Morgan fingerprint density at radius 2 is 1.87 bits per heavy atom. The van der Waals surface area contributed by atoms with Crippen LogP contribution in [-0.2, 0) is 9.84 Å². The summed E-state index contributed by atoms with van der Waals surface area (Å²) in [5, 5.41) is 3.69. The Morgan fingerprint density at radius 1 is 1.27 bits per heavy atom. The van der Waals surface area contributed by atoms with Crippen molar-refractivity contribution in [1.29, 1.82) is 0 Å². The summed E-state index contributed by atoms with van der Waals surface area (Å²) >= 11 is 0. The van der Waals surface area contributed by atoms with Crippen LogP contribution in [-0.4, -0.2) is 31.5 Å². The maximum absolute atomic E-state index is 11.3. The quantitative estimate of drug-likeness (QED) is 0.800. The third-order valence-electron chi connectivity index (χ3n) is 4.05. The molecule has 2 rings (SSSR count). The third-order valence-corrected chi connectivity index (χ3v) is 5.77. The van der Waals surface area contributed by atoms with E-state index in [2.05, 4.69) is 12.2 Å². The van der Waals surface area contributed by atoms with Gasteiger partial charge in [0.1, 0.15) is 9.84 Å². The van der Waals surface area contributed by atoms with Gasteiger partial charge in [0, 0.05) is 11.6 Å². The van der Waals surface area contributed by atoms with E-state index in [0.717, 1.165) is 12.8 Å². The molecule has 1 aliphatic carbocycles. The molecule has 2 fully saturated rings. The first-order chi connectivity index (χ1) is 7.05. The Bertz CT molecular complexity index is 300. The summed E-state index contributed by atoms with van der Waals surface area (Å²) in [4.78, 5) is 0. The molecule has 0 aromatic carbocycles. The van der Waals surface area contributed by atoms with Gasteiger partial charge >= 0.3 is 0 Å². The van der Waals surface area contributed by atoms with E-state index in [1.807, 2.05) is 0 Å². The Kier molecular flexibility index (Phi) is 3.08. The molecule has 1 N–H and O–H groups in total. The van der Waals surface area contributed by atoms with E-state index in [-0.39, 0.29) is 0 Å². The highest BCUT2D eigenvalue weighted by molar-refractivity contribution is 7.91. The molecule has 0 aromatic heterocycles. The summed E-state index contributed by atoms with van der Waals surface area (Å²) in [7, 11) is -2.71. The minimum Gasteiger partial charge on any atom is -0.308 e. The second-order valence-corrected chi connectivity index (χ2v) is 7.36. The number of hydrogen-bond acceptors (Lipinski definition) is 3. The molecule has 0 spiro atoms. The fraction of sp³-hybridized carbons (Fsp3) is 1.00. The lowest BCUT2D eigenvalue weighted by Gasteiger charge is -2.45. The number of sulfone groups is 1. The standard InChI is InChI=1S/C11H21NO2S/c1-2-11(6-3-7-11)12-10-4-8-15(13,14)9-5-10/h10,12H,2-9H2,1H3.